The second-order valence-corrected chi connectivity index (χ2v) is 5.87. The molecule has 0 bridgehead atoms. The molecule has 1 aromatic carbocycles. The summed E-state index contributed by atoms with van der Waals surface area (Å²) in [6, 6.07) is 8.00. The van der Waals surface area contributed by atoms with E-state index < -0.39 is 0 Å². The number of hydrogen-bond donors (Lipinski definition) is 0. The topological polar surface area (TPSA) is 29.5 Å². The van der Waals surface area contributed by atoms with Crippen molar-refractivity contribution in [2.45, 2.75) is 38.6 Å². The van der Waals surface area contributed by atoms with E-state index in [1.165, 1.54) is 25.7 Å². The predicted molar refractivity (Wildman–Crippen MR) is 81.4 cm³/mol. The summed E-state index contributed by atoms with van der Waals surface area (Å²) in [6.07, 6.45) is 5.09. The van der Waals surface area contributed by atoms with E-state index in [1.54, 1.807) is 7.11 Å². The molecule has 0 radical (unpaired) electrons. The van der Waals surface area contributed by atoms with Gasteiger partial charge in [0.15, 0.2) is 5.78 Å². The molecule has 110 valence electrons. The fraction of sp³-hybridized carbons (Fsp3) is 0.588. The summed E-state index contributed by atoms with van der Waals surface area (Å²) in [5, 5.41) is 0. The third-order valence-electron chi connectivity index (χ3n) is 4.43. The summed E-state index contributed by atoms with van der Waals surface area (Å²) in [5.74, 6) is 1.49. The van der Waals surface area contributed by atoms with Gasteiger partial charge in [0, 0.05) is 6.04 Å². The normalized spacial score (nSPS) is 22.8. The fourth-order valence-electron chi connectivity index (χ4n) is 3.26. The molecule has 0 aliphatic heterocycles. The zero-order valence-corrected chi connectivity index (χ0v) is 12.8. The van der Waals surface area contributed by atoms with E-state index in [0.29, 0.717) is 29.8 Å². The number of para-hydroxylation sites is 1. The highest BCUT2D eigenvalue weighted by Gasteiger charge is 2.26. The van der Waals surface area contributed by atoms with Crippen molar-refractivity contribution in [2.24, 2.45) is 5.92 Å². The molecule has 3 nitrogen and oxygen atoms in total. The maximum atomic E-state index is 12.5. The molecule has 20 heavy (non-hydrogen) atoms. The number of benzene rings is 1. The Balaban J connectivity index is 2.03. The zero-order chi connectivity index (χ0) is 14.5. The zero-order valence-electron chi connectivity index (χ0n) is 12.8. The number of Topliss-reactive ketones (excluding diaryl/α,β-unsaturated/α-hetero) is 1. The van der Waals surface area contributed by atoms with Crippen molar-refractivity contribution in [3.05, 3.63) is 29.8 Å². The number of carbonyl (C=O) groups is 1. The van der Waals surface area contributed by atoms with Crippen LogP contribution in [0, 0.1) is 5.92 Å². The molecular formula is C17H25NO2. The molecule has 1 aliphatic carbocycles. The van der Waals surface area contributed by atoms with Gasteiger partial charge in [-0.3, -0.25) is 9.69 Å². The first-order valence-corrected chi connectivity index (χ1v) is 7.50. The summed E-state index contributed by atoms with van der Waals surface area (Å²) >= 11 is 0. The Kier molecular flexibility index (Phi) is 5.18. The first-order chi connectivity index (χ1) is 9.63. The number of carbonyl (C=O) groups excluding carboxylic acids is 1. The lowest BCUT2D eigenvalue weighted by Gasteiger charge is -2.35. The lowest BCUT2D eigenvalue weighted by molar-refractivity contribution is 0.0848. The van der Waals surface area contributed by atoms with Crippen molar-refractivity contribution in [3.63, 3.8) is 0 Å². The van der Waals surface area contributed by atoms with Crippen LogP contribution in [-0.2, 0) is 0 Å². The van der Waals surface area contributed by atoms with Crippen LogP contribution in [0.3, 0.4) is 0 Å². The van der Waals surface area contributed by atoms with Gasteiger partial charge in [-0.1, -0.05) is 31.9 Å². The van der Waals surface area contributed by atoms with Crippen LogP contribution in [0.4, 0.5) is 0 Å². The first kappa shape index (κ1) is 15.0. The molecule has 0 spiro atoms. The average Bonchev–Trinajstić information content (AvgIpc) is 2.47. The van der Waals surface area contributed by atoms with Crippen LogP contribution in [0.15, 0.2) is 24.3 Å². The summed E-state index contributed by atoms with van der Waals surface area (Å²) < 4.78 is 5.28. The van der Waals surface area contributed by atoms with Crippen molar-refractivity contribution in [1.82, 2.24) is 4.90 Å². The SMILES string of the molecule is COc1ccccc1C(=O)CN(C)C1CCCCC1C. The van der Waals surface area contributed by atoms with Crippen molar-refractivity contribution >= 4 is 5.78 Å². The van der Waals surface area contributed by atoms with Crippen LogP contribution >= 0.6 is 0 Å². The molecule has 0 saturated heterocycles. The van der Waals surface area contributed by atoms with Gasteiger partial charge in [0.2, 0.25) is 0 Å². The van der Waals surface area contributed by atoms with Gasteiger partial charge in [-0.25, -0.2) is 0 Å². The van der Waals surface area contributed by atoms with Crippen LogP contribution in [-0.4, -0.2) is 37.4 Å². The van der Waals surface area contributed by atoms with Crippen LogP contribution in [0.25, 0.3) is 0 Å². The largest absolute Gasteiger partial charge is 0.496 e. The third kappa shape index (κ3) is 3.40. The fourth-order valence-corrected chi connectivity index (χ4v) is 3.26. The molecule has 2 rings (SSSR count). The molecule has 0 heterocycles. The van der Waals surface area contributed by atoms with Crippen molar-refractivity contribution in [2.75, 3.05) is 20.7 Å². The molecule has 1 fully saturated rings. The molecule has 2 unspecified atom stereocenters. The van der Waals surface area contributed by atoms with Crippen LogP contribution in [0.5, 0.6) is 5.75 Å². The predicted octanol–water partition coefficient (Wildman–Crippen LogP) is 3.39. The number of rotatable bonds is 5. The Hall–Kier alpha value is -1.35. The molecule has 1 aromatic rings. The average molecular weight is 275 g/mol. The van der Waals surface area contributed by atoms with E-state index >= 15 is 0 Å². The van der Waals surface area contributed by atoms with Crippen molar-refractivity contribution in [1.29, 1.82) is 0 Å². The highest BCUT2D eigenvalue weighted by Crippen LogP contribution is 2.27. The quantitative estimate of drug-likeness (QED) is 0.771. The van der Waals surface area contributed by atoms with E-state index in [9.17, 15) is 4.79 Å². The lowest BCUT2D eigenvalue weighted by atomic mass is 9.85. The smallest absolute Gasteiger partial charge is 0.180 e. The molecule has 0 N–H and O–H groups in total. The number of ketones is 1. The Labute approximate surface area is 121 Å². The van der Waals surface area contributed by atoms with Gasteiger partial charge in [0.25, 0.3) is 0 Å². The molecule has 3 heteroatoms. The summed E-state index contributed by atoms with van der Waals surface area (Å²) in [4.78, 5) is 14.7. The van der Waals surface area contributed by atoms with E-state index in [0.717, 1.165) is 0 Å². The third-order valence-corrected chi connectivity index (χ3v) is 4.43. The Morgan fingerprint density at radius 3 is 2.70 bits per heavy atom. The van der Waals surface area contributed by atoms with Crippen LogP contribution in [0.1, 0.15) is 43.0 Å². The maximum Gasteiger partial charge on any atom is 0.180 e. The van der Waals surface area contributed by atoms with Gasteiger partial charge in [-0.2, -0.15) is 0 Å². The van der Waals surface area contributed by atoms with Gasteiger partial charge in [-0.15, -0.1) is 0 Å². The van der Waals surface area contributed by atoms with Gasteiger partial charge in [0.05, 0.1) is 19.2 Å². The maximum absolute atomic E-state index is 12.5. The molecule has 0 aromatic heterocycles. The summed E-state index contributed by atoms with van der Waals surface area (Å²) in [7, 11) is 3.68. The minimum absolute atomic E-state index is 0.141. The first-order valence-electron chi connectivity index (χ1n) is 7.50. The Bertz CT molecular complexity index is 458. The highest BCUT2D eigenvalue weighted by atomic mass is 16.5. The van der Waals surface area contributed by atoms with Crippen molar-refractivity contribution < 1.29 is 9.53 Å². The van der Waals surface area contributed by atoms with Crippen LogP contribution < -0.4 is 4.74 Å². The molecule has 0 amide bonds. The van der Waals surface area contributed by atoms with Crippen molar-refractivity contribution in [3.8, 4) is 5.75 Å². The minimum atomic E-state index is 0.141. The highest BCUT2D eigenvalue weighted by molar-refractivity contribution is 6.00. The standard InChI is InChI=1S/C17H25NO2/c1-13-8-4-6-10-15(13)18(2)12-16(19)14-9-5-7-11-17(14)20-3/h5,7,9,11,13,15H,4,6,8,10,12H2,1-3H3. The van der Waals surface area contributed by atoms with Gasteiger partial charge in [-0.05, 0) is 37.9 Å². The number of ether oxygens (including phenoxy) is 1. The van der Waals surface area contributed by atoms with E-state index in [4.69, 9.17) is 4.74 Å². The van der Waals surface area contributed by atoms with Crippen LogP contribution in [0.2, 0.25) is 0 Å². The summed E-state index contributed by atoms with van der Waals surface area (Å²) in [6.45, 7) is 2.77. The Morgan fingerprint density at radius 2 is 2.00 bits per heavy atom. The van der Waals surface area contributed by atoms with Gasteiger partial charge in [0.1, 0.15) is 5.75 Å². The number of hydrogen-bond acceptors (Lipinski definition) is 3. The monoisotopic (exact) mass is 275 g/mol. The lowest BCUT2D eigenvalue weighted by Crippen LogP contribution is -2.41. The molecule has 2 atom stereocenters. The van der Waals surface area contributed by atoms with E-state index in [-0.39, 0.29) is 5.78 Å². The van der Waals surface area contributed by atoms with E-state index in [2.05, 4.69) is 18.9 Å². The molecule has 1 aliphatic rings. The van der Waals surface area contributed by atoms with E-state index in [1.807, 2.05) is 24.3 Å². The second-order valence-electron chi connectivity index (χ2n) is 5.87. The summed E-state index contributed by atoms with van der Waals surface area (Å²) in [5.41, 5.74) is 0.685. The van der Waals surface area contributed by atoms with Gasteiger partial charge < -0.3 is 4.74 Å². The molecular weight excluding hydrogens is 250 g/mol. The second kappa shape index (κ2) is 6.89. The van der Waals surface area contributed by atoms with Gasteiger partial charge >= 0.3 is 0 Å². The minimum Gasteiger partial charge on any atom is -0.496 e. The number of likely N-dealkylation sites (N-methyl/N-ethyl adjacent to an activating group) is 1. The number of nitrogens with zero attached hydrogens (tertiary/aromatic N) is 1. The Morgan fingerprint density at radius 1 is 1.30 bits per heavy atom. The molecule has 1 saturated carbocycles. The number of methoxy groups -OCH3 is 1.